The molecule has 0 saturated heterocycles. The van der Waals surface area contributed by atoms with Crippen LogP contribution in [0.15, 0.2) is 0 Å². The van der Waals surface area contributed by atoms with E-state index >= 15 is 0 Å². The molecule has 16 heavy (non-hydrogen) atoms. The predicted molar refractivity (Wildman–Crippen MR) is 67.0 cm³/mol. The van der Waals surface area contributed by atoms with E-state index < -0.39 is 5.41 Å². The van der Waals surface area contributed by atoms with Gasteiger partial charge in [-0.3, -0.25) is 4.79 Å². The second-order valence-electron chi connectivity index (χ2n) is 4.87. The molecule has 2 heteroatoms. The Kier molecular flexibility index (Phi) is 7.89. The molecule has 0 aliphatic heterocycles. The standard InChI is InChI=1S/C14H25NO/c1-4-5-6-7-8-9-10-11-14(3,12-15)13(2)16/h4-11H2,1-3H3. The Balaban J connectivity index is 3.58. The first-order valence-electron chi connectivity index (χ1n) is 6.49. The number of carbonyl (C=O) groups is 1. The highest BCUT2D eigenvalue weighted by Gasteiger charge is 2.28. The van der Waals surface area contributed by atoms with E-state index in [1.807, 2.05) is 0 Å². The van der Waals surface area contributed by atoms with Crippen molar-refractivity contribution in [3.05, 3.63) is 0 Å². The van der Waals surface area contributed by atoms with E-state index in [9.17, 15) is 4.79 Å². The quantitative estimate of drug-likeness (QED) is 0.548. The van der Waals surface area contributed by atoms with Gasteiger partial charge in [0.2, 0.25) is 0 Å². The van der Waals surface area contributed by atoms with Crippen molar-refractivity contribution in [1.29, 1.82) is 5.26 Å². The predicted octanol–water partition coefficient (Wildman–Crippen LogP) is 4.25. The monoisotopic (exact) mass is 223 g/mol. The number of nitriles is 1. The van der Waals surface area contributed by atoms with Gasteiger partial charge in [0.05, 0.1) is 6.07 Å². The van der Waals surface area contributed by atoms with Gasteiger partial charge in [0, 0.05) is 0 Å². The van der Waals surface area contributed by atoms with Crippen molar-refractivity contribution in [1.82, 2.24) is 0 Å². The fraction of sp³-hybridized carbons (Fsp3) is 0.857. The summed E-state index contributed by atoms with van der Waals surface area (Å²) in [6, 6.07) is 2.14. The Bertz CT molecular complexity index is 242. The van der Waals surface area contributed by atoms with Crippen molar-refractivity contribution in [2.45, 2.75) is 72.1 Å². The Labute approximate surface area is 100 Å². The molecular weight excluding hydrogens is 198 g/mol. The van der Waals surface area contributed by atoms with Crippen molar-refractivity contribution < 1.29 is 4.79 Å². The lowest BCUT2D eigenvalue weighted by molar-refractivity contribution is -0.123. The molecule has 0 aliphatic rings. The summed E-state index contributed by atoms with van der Waals surface area (Å²) in [6.45, 7) is 5.49. The van der Waals surface area contributed by atoms with Crippen LogP contribution in [0, 0.1) is 16.7 Å². The Morgan fingerprint density at radius 2 is 1.62 bits per heavy atom. The third-order valence-corrected chi connectivity index (χ3v) is 3.30. The minimum atomic E-state index is -0.747. The van der Waals surface area contributed by atoms with Crippen molar-refractivity contribution in [2.75, 3.05) is 0 Å². The molecule has 0 rings (SSSR count). The number of unbranched alkanes of at least 4 members (excludes halogenated alkanes) is 6. The maximum absolute atomic E-state index is 11.3. The molecule has 0 aromatic rings. The zero-order valence-electron chi connectivity index (χ0n) is 11.0. The highest BCUT2D eigenvalue weighted by molar-refractivity contribution is 5.84. The summed E-state index contributed by atoms with van der Waals surface area (Å²) >= 11 is 0. The van der Waals surface area contributed by atoms with Gasteiger partial charge >= 0.3 is 0 Å². The lowest BCUT2D eigenvalue weighted by atomic mass is 9.82. The number of carbonyl (C=O) groups excluding carboxylic acids is 1. The second kappa shape index (κ2) is 8.33. The van der Waals surface area contributed by atoms with E-state index in [4.69, 9.17) is 5.26 Å². The summed E-state index contributed by atoms with van der Waals surface area (Å²) in [6.07, 6.45) is 9.30. The zero-order chi connectivity index (χ0) is 12.4. The Morgan fingerprint density at radius 1 is 1.12 bits per heavy atom. The van der Waals surface area contributed by atoms with E-state index in [0.717, 1.165) is 12.8 Å². The molecule has 0 amide bonds. The maximum atomic E-state index is 11.3. The van der Waals surface area contributed by atoms with Gasteiger partial charge in [-0.1, -0.05) is 51.9 Å². The third-order valence-electron chi connectivity index (χ3n) is 3.30. The van der Waals surface area contributed by atoms with Gasteiger partial charge in [-0.2, -0.15) is 5.26 Å². The van der Waals surface area contributed by atoms with Crippen molar-refractivity contribution >= 4 is 5.78 Å². The van der Waals surface area contributed by atoms with Gasteiger partial charge < -0.3 is 0 Å². The van der Waals surface area contributed by atoms with Gasteiger partial charge in [-0.25, -0.2) is 0 Å². The normalized spacial score (nSPS) is 14.1. The van der Waals surface area contributed by atoms with E-state index in [-0.39, 0.29) is 5.78 Å². The molecule has 92 valence electrons. The fourth-order valence-electron chi connectivity index (χ4n) is 1.75. The molecular formula is C14H25NO. The van der Waals surface area contributed by atoms with Gasteiger partial charge in [-0.15, -0.1) is 0 Å². The van der Waals surface area contributed by atoms with E-state index in [0.29, 0.717) is 6.42 Å². The Hall–Kier alpha value is -0.840. The maximum Gasteiger partial charge on any atom is 0.149 e. The van der Waals surface area contributed by atoms with Crippen LogP contribution in [0.5, 0.6) is 0 Å². The first-order valence-corrected chi connectivity index (χ1v) is 6.49. The number of hydrogen-bond acceptors (Lipinski definition) is 2. The van der Waals surface area contributed by atoms with E-state index in [2.05, 4.69) is 13.0 Å². The molecule has 2 nitrogen and oxygen atoms in total. The SMILES string of the molecule is CCCCCCCCCC(C)(C#N)C(C)=O. The van der Waals surface area contributed by atoms with Gasteiger partial charge in [0.1, 0.15) is 11.2 Å². The topological polar surface area (TPSA) is 40.9 Å². The van der Waals surface area contributed by atoms with Crippen LogP contribution in [0.25, 0.3) is 0 Å². The lowest BCUT2D eigenvalue weighted by Crippen LogP contribution is -2.23. The average Bonchev–Trinajstić information content (AvgIpc) is 2.27. The largest absolute Gasteiger partial charge is 0.298 e. The molecule has 0 spiro atoms. The molecule has 0 N–H and O–H groups in total. The van der Waals surface area contributed by atoms with Crippen LogP contribution in [-0.2, 0) is 4.79 Å². The number of Topliss-reactive ketones (excluding diaryl/α,β-unsaturated/α-hetero) is 1. The Morgan fingerprint density at radius 3 is 2.06 bits per heavy atom. The fourth-order valence-corrected chi connectivity index (χ4v) is 1.75. The third kappa shape index (κ3) is 5.90. The van der Waals surface area contributed by atoms with Crippen LogP contribution in [0.3, 0.4) is 0 Å². The van der Waals surface area contributed by atoms with Gasteiger partial charge in [-0.05, 0) is 20.3 Å². The minimum absolute atomic E-state index is 0.000910. The van der Waals surface area contributed by atoms with Gasteiger partial charge in [0.25, 0.3) is 0 Å². The minimum Gasteiger partial charge on any atom is -0.298 e. The summed E-state index contributed by atoms with van der Waals surface area (Å²) < 4.78 is 0. The van der Waals surface area contributed by atoms with Crippen LogP contribution < -0.4 is 0 Å². The molecule has 0 aromatic heterocycles. The van der Waals surface area contributed by atoms with Crippen molar-refractivity contribution in [2.24, 2.45) is 5.41 Å². The molecule has 1 atom stereocenters. The molecule has 0 bridgehead atoms. The highest BCUT2D eigenvalue weighted by atomic mass is 16.1. The van der Waals surface area contributed by atoms with Crippen LogP contribution in [-0.4, -0.2) is 5.78 Å². The summed E-state index contributed by atoms with van der Waals surface area (Å²) in [5, 5.41) is 8.96. The molecule has 0 fully saturated rings. The van der Waals surface area contributed by atoms with Crippen LogP contribution >= 0.6 is 0 Å². The highest BCUT2D eigenvalue weighted by Crippen LogP contribution is 2.25. The molecule has 0 radical (unpaired) electrons. The summed E-state index contributed by atoms with van der Waals surface area (Å²) in [5.74, 6) is 0.000910. The van der Waals surface area contributed by atoms with Crippen LogP contribution in [0.1, 0.15) is 72.1 Å². The number of ketones is 1. The smallest absolute Gasteiger partial charge is 0.149 e. The number of hydrogen-bond donors (Lipinski definition) is 0. The van der Waals surface area contributed by atoms with Crippen LogP contribution in [0.2, 0.25) is 0 Å². The first kappa shape index (κ1) is 15.2. The molecule has 0 heterocycles. The summed E-state index contributed by atoms with van der Waals surface area (Å²) in [7, 11) is 0. The van der Waals surface area contributed by atoms with E-state index in [1.54, 1.807) is 6.92 Å². The summed E-state index contributed by atoms with van der Waals surface area (Å²) in [5.41, 5.74) is -0.747. The zero-order valence-corrected chi connectivity index (χ0v) is 11.0. The van der Waals surface area contributed by atoms with Gasteiger partial charge in [0.15, 0.2) is 0 Å². The molecule has 0 aromatic carbocycles. The number of rotatable bonds is 9. The van der Waals surface area contributed by atoms with Crippen molar-refractivity contribution in [3.8, 4) is 6.07 Å². The summed E-state index contributed by atoms with van der Waals surface area (Å²) in [4.78, 5) is 11.3. The first-order chi connectivity index (χ1) is 7.56. The van der Waals surface area contributed by atoms with Crippen LogP contribution in [0.4, 0.5) is 0 Å². The average molecular weight is 223 g/mol. The van der Waals surface area contributed by atoms with Crippen molar-refractivity contribution in [3.63, 3.8) is 0 Å². The molecule has 0 saturated carbocycles. The number of nitrogens with zero attached hydrogens (tertiary/aromatic N) is 1. The van der Waals surface area contributed by atoms with E-state index in [1.165, 1.54) is 39.0 Å². The molecule has 0 aliphatic carbocycles. The molecule has 1 unspecified atom stereocenters. The lowest BCUT2D eigenvalue weighted by Gasteiger charge is -2.17. The second-order valence-corrected chi connectivity index (χ2v) is 4.87.